The van der Waals surface area contributed by atoms with Gasteiger partial charge in [-0.2, -0.15) is 0 Å². The van der Waals surface area contributed by atoms with Crippen LogP contribution >= 0.6 is 0 Å². The maximum Gasteiger partial charge on any atom is 0.262 e. The first-order chi connectivity index (χ1) is 13.9. The fourth-order valence-corrected chi connectivity index (χ4v) is 3.05. The molecular formula is C21H19FN4O3. The van der Waals surface area contributed by atoms with Gasteiger partial charge in [-0.05, 0) is 57.2 Å². The van der Waals surface area contributed by atoms with Gasteiger partial charge in [-0.15, -0.1) is 5.10 Å². The summed E-state index contributed by atoms with van der Waals surface area (Å²) in [6.45, 7) is 5.49. The van der Waals surface area contributed by atoms with Crippen molar-refractivity contribution in [3.8, 4) is 11.4 Å². The molecule has 0 radical (unpaired) electrons. The molecule has 4 rings (SSSR count). The van der Waals surface area contributed by atoms with E-state index in [2.05, 4.69) is 15.6 Å². The first-order valence-electron chi connectivity index (χ1n) is 9.11. The lowest BCUT2D eigenvalue weighted by molar-refractivity contribution is 0.102. The highest BCUT2D eigenvalue weighted by Gasteiger charge is 2.21. The second kappa shape index (κ2) is 7.38. The lowest BCUT2D eigenvalue weighted by Crippen LogP contribution is -2.13. The van der Waals surface area contributed by atoms with Crippen molar-refractivity contribution in [2.24, 2.45) is 0 Å². The molecule has 0 aliphatic rings. The molecule has 2 aromatic carbocycles. The fraction of sp³-hybridized carbons (Fsp3) is 0.190. The van der Waals surface area contributed by atoms with E-state index in [1.165, 1.54) is 18.3 Å². The van der Waals surface area contributed by atoms with Gasteiger partial charge < -0.3 is 14.6 Å². The molecule has 8 heteroatoms. The lowest BCUT2D eigenvalue weighted by Gasteiger charge is -2.11. The number of ether oxygens (including phenoxy) is 1. The van der Waals surface area contributed by atoms with Crippen molar-refractivity contribution in [2.45, 2.75) is 26.9 Å². The lowest BCUT2D eigenvalue weighted by atomic mass is 10.2. The summed E-state index contributed by atoms with van der Waals surface area (Å²) in [7, 11) is 0. The molecule has 2 heterocycles. The molecule has 0 spiro atoms. The van der Waals surface area contributed by atoms with Crippen molar-refractivity contribution in [1.29, 1.82) is 0 Å². The van der Waals surface area contributed by atoms with Gasteiger partial charge in [-0.3, -0.25) is 4.79 Å². The molecule has 1 N–H and O–H groups in total. The van der Waals surface area contributed by atoms with Gasteiger partial charge in [-0.25, -0.2) is 9.07 Å². The van der Waals surface area contributed by atoms with Gasteiger partial charge in [0.15, 0.2) is 5.82 Å². The zero-order chi connectivity index (χ0) is 20.5. The number of hydrogen-bond donors (Lipinski definition) is 1. The second-order valence-electron chi connectivity index (χ2n) is 6.80. The summed E-state index contributed by atoms with van der Waals surface area (Å²) in [6.07, 6.45) is 1.29. The molecule has 4 aromatic rings. The van der Waals surface area contributed by atoms with E-state index in [0.29, 0.717) is 39.5 Å². The van der Waals surface area contributed by atoms with Crippen molar-refractivity contribution in [3.05, 3.63) is 65.8 Å². The van der Waals surface area contributed by atoms with E-state index in [9.17, 15) is 9.18 Å². The zero-order valence-electron chi connectivity index (χ0n) is 16.1. The number of carbonyl (C=O) groups excluding carboxylic acids is 1. The molecule has 1 amide bonds. The third kappa shape index (κ3) is 3.56. The molecule has 2 aromatic heterocycles. The number of carbonyl (C=O) groups is 1. The SMILES string of the molecule is Cc1oncc1C(=O)Nc1nn(-c2ccc(F)cc2)c2cccc(OC(C)C)c12. The number of aromatic nitrogens is 3. The van der Waals surface area contributed by atoms with E-state index in [1.807, 2.05) is 32.0 Å². The van der Waals surface area contributed by atoms with Crippen molar-refractivity contribution in [1.82, 2.24) is 14.9 Å². The number of aryl methyl sites for hydroxylation is 1. The van der Waals surface area contributed by atoms with Crippen LogP contribution in [0, 0.1) is 12.7 Å². The minimum atomic E-state index is -0.395. The zero-order valence-corrected chi connectivity index (χ0v) is 16.1. The molecule has 0 atom stereocenters. The van der Waals surface area contributed by atoms with Crippen LogP contribution in [0.15, 0.2) is 53.2 Å². The Morgan fingerprint density at radius 3 is 2.62 bits per heavy atom. The smallest absolute Gasteiger partial charge is 0.262 e. The maximum absolute atomic E-state index is 13.4. The minimum absolute atomic E-state index is 0.0707. The normalized spacial score (nSPS) is 11.2. The molecule has 0 aliphatic heterocycles. The van der Waals surface area contributed by atoms with E-state index >= 15 is 0 Å². The number of amides is 1. The molecule has 0 unspecified atom stereocenters. The van der Waals surface area contributed by atoms with E-state index in [-0.39, 0.29) is 11.9 Å². The quantitative estimate of drug-likeness (QED) is 0.539. The number of fused-ring (bicyclic) bond motifs is 1. The van der Waals surface area contributed by atoms with Gasteiger partial charge >= 0.3 is 0 Å². The minimum Gasteiger partial charge on any atom is -0.490 e. The Labute approximate surface area is 166 Å². The van der Waals surface area contributed by atoms with Crippen molar-refractivity contribution in [3.63, 3.8) is 0 Å². The van der Waals surface area contributed by atoms with Crippen molar-refractivity contribution < 1.29 is 18.4 Å². The van der Waals surface area contributed by atoms with Crippen LogP contribution in [0.4, 0.5) is 10.2 Å². The summed E-state index contributed by atoms with van der Waals surface area (Å²) in [5.74, 6) is 0.581. The third-order valence-electron chi connectivity index (χ3n) is 4.33. The number of hydrogen-bond acceptors (Lipinski definition) is 5. The standard InChI is InChI=1S/C21H19FN4O3/c1-12(2)28-18-6-4-5-17-19(18)20(24-21(27)16-11-23-29-13(16)3)25-26(17)15-9-7-14(22)8-10-15/h4-12H,1-3H3,(H,24,25,27). The summed E-state index contributed by atoms with van der Waals surface area (Å²) >= 11 is 0. The van der Waals surface area contributed by atoms with Gasteiger partial charge in [0.05, 0.1) is 28.9 Å². The number of nitrogens with zero attached hydrogens (tertiary/aromatic N) is 3. The fourth-order valence-electron chi connectivity index (χ4n) is 3.05. The first kappa shape index (κ1) is 18.7. The van der Waals surface area contributed by atoms with Gasteiger partial charge in [0.25, 0.3) is 5.91 Å². The predicted octanol–water partition coefficient (Wildman–Crippen LogP) is 4.50. The van der Waals surface area contributed by atoms with E-state index < -0.39 is 5.91 Å². The largest absolute Gasteiger partial charge is 0.490 e. The maximum atomic E-state index is 13.4. The third-order valence-corrected chi connectivity index (χ3v) is 4.33. The summed E-state index contributed by atoms with van der Waals surface area (Å²) in [5, 5.41) is 11.7. The average Bonchev–Trinajstić information content (AvgIpc) is 3.26. The molecular weight excluding hydrogens is 375 g/mol. The van der Waals surface area contributed by atoms with E-state index in [0.717, 1.165) is 0 Å². The van der Waals surface area contributed by atoms with Crippen LogP contribution in [-0.4, -0.2) is 26.9 Å². The number of benzene rings is 2. The van der Waals surface area contributed by atoms with E-state index in [4.69, 9.17) is 9.26 Å². The molecule has 0 saturated heterocycles. The van der Waals surface area contributed by atoms with Crippen molar-refractivity contribution >= 4 is 22.6 Å². The highest BCUT2D eigenvalue weighted by molar-refractivity contribution is 6.09. The molecule has 0 saturated carbocycles. The van der Waals surface area contributed by atoms with Crippen LogP contribution in [0.5, 0.6) is 5.75 Å². The topological polar surface area (TPSA) is 82.2 Å². The molecule has 148 valence electrons. The van der Waals surface area contributed by atoms with E-state index in [1.54, 1.807) is 23.7 Å². The highest BCUT2D eigenvalue weighted by Crippen LogP contribution is 2.34. The summed E-state index contributed by atoms with van der Waals surface area (Å²) < 4.78 is 25.9. The Hall–Kier alpha value is -3.68. The monoisotopic (exact) mass is 394 g/mol. The van der Waals surface area contributed by atoms with Gasteiger partial charge in [0, 0.05) is 0 Å². The van der Waals surface area contributed by atoms with Crippen LogP contribution in [0.1, 0.15) is 30.0 Å². The molecule has 0 bridgehead atoms. The summed E-state index contributed by atoms with van der Waals surface area (Å²) in [6, 6.07) is 11.5. The van der Waals surface area contributed by atoms with Crippen molar-refractivity contribution in [2.75, 3.05) is 5.32 Å². The summed E-state index contributed by atoms with van der Waals surface area (Å²) in [4.78, 5) is 12.7. The van der Waals surface area contributed by atoms with Crippen LogP contribution in [0.25, 0.3) is 16.6 Å². The average molecular weight is 394 g/mol. The number of rotatable bonds is 5. The Morgan fingerprint density at radius 1 is 1.21 bits per heavy atom. The molecule has 0 fully saturated rings. The van der Waals surface area contributed by atoms with Gasteiger partial charge in [0.1, 0.15) is 22.9 Å². The van der Waals surface area contributed by atoms with Crippen LogP contribution in [0.3, 0.4) is 0 Å². The van der Waals surface area contributed by atoms with Crippen LogP contribution < -0.4 is 10.1 Å². The second-order valence-corrected chi connectivity index (χ2v) is 6.80. The highest BCUT2D eigenvalue weighted by atomic mass is 19.1. The molecule has 29 heavy (non-hydrogen) atoms. The number of nitrogens with one attached hydrogen (secondary N) is 1. The van der Waals surface area contributed by atoms with Gasteiger partial charge in [0.2, 0.25) is 0 Å². The molecule has 7 nitrogen and oxygen atoms in total. The Kier molecular flexibility index (Phi) is 4.75. The Bertz CT molecular complexity index is 1180. The van der Waals surface area contributed by atoms with Crippen LogP contribution in [0.2, 0.25) is 0 Å². The first-order valence-corrected chi connectivity index (χ1v) is 9.11. The van der Waals surface area contributed by atoms with Crippen LogP contribution in [-0.2, 0) is 0 Å². The predicted molar refractivity (Wildman–Crippen MR) is 106 cm³/mol. The Morgan fingerprint density at radius 2 is 1.97 bits per heavy atom. The number of anilines is 1. The summed E-state index contributed by atoms with van der Waals surface area (Å²) in [5.41, 5.74) is 1.68. The molecule has 0 aliphatic carbocycles. The van der Waals surface area contributed by atoms with Gasteiger partial charge in [-0.1, -0.05) is 11.2 Å². The Balaban J connectivity index is 1.86. The number of halogens is 1.